The number of amides is 1. The van der Waals surface area contributed by atoms with Gasteiger partial charge in [0, 0.05) is 10.5 Å². The summed E-state index contributed by atoms with van der Waals surface area (Å²) in [5.41, 5.74) is 4.56. The van der Waals surface area contributed by atoms with Gasteiger partial charge in [0.15, 0.2) is 0 Å². The van der Waals surface area contributed by atoms with E-state index in [0.717, 1.165) is 17.7 Å². The lowest BCUT2D eigenvalue weighted by Gasteiger charge is -2.07. The molecule has 2 aromatic carbocycles. The minimum absolute atomic E-state index is 0.119. The summed E-state index contributed by atoms with van der Waals surface area (Å²) in [6, 6.07) is 17.6. The lowest BCUT2D eigenvalue weighted by Crippen LogP contribution is -2.32. The van der Waals surface area contributed by atoms with Gasteiger partial charge in [0.1, 0.15) is 0 Å². The summed E-state index contributed by atoms with van der Waals surface area (Å²) < 4.78 is 0. The van der Waals surface area contributed by atoms with Crippen molar-refractivity contribution >= 4 is 17.9 Å². The van der Waals surface area contributed by atoms with Crippen molar-refractivity contribution in [2.75, 3.05) is 0 Å². The number of nitrogens with one attached hydrogen (secondary N) is 2. The fourth-order valence-corrected chi connectivity index (χ4v) is 2.40. The fourth-order valence-electron chi connectivity index (χ4n) is 1.85. The zero-order valence-electron chi connectivity index (χ0n) is 11.4. The SMILES string of the molecule is CCCc1cccc(C(=O)NNSc2ccccc2)c1. The number of benzene rings is 2. The Balaban J connectivity index is 1.87. The van der Waals surface area contributed by atoms with Crippen LogP contribution in [-0.2, 0) is 6.42 Å². The summed E-state index contributed by atoms with van der Waals surface area (Å²) in [4.78, 5) is 15.9. The second kappa shape index (κ2) is 7.72. The summed E-state index contributed by atoms with van der Waals surface area (Å²) in [5, 5.41) is 0. The molecule has 20 heavy (non-hydrogen) atoms. The van der Waals surface area contributed by atoms with Crippen LogP contribution in [0.2, 0.25) is 0 Å². The Labute approximate surface area is 123 Å². The van der Waals surface area contributed by atoms with E-state index in [1.54, 1.807) is 0 Å². The highest BCUT2D eigenvalue weighted by Gasteiger charge is 2.05. The highest BCUT2D eigenvalue weighted by Crippen LogP contribution is 2.12. The maximum absolute atomic E-state index is 12.0. The standard InChI is InChI=1S/C16H18N2OS/c1-2-7-13-8-6-9-14(12-13)16(19)17-18-20-15-10-4-3-5-11-15/h3-6,8-12,18H,2,7H2,1H3,(H,17,19). The molecule has 0 saturated carbocycles. The summed E-state index contributed by atoms with van der Waals surface area (Å²) in [6.07, 6.45) is 2.07. The molecule has 0 radical (unpaired) electrons. The molecule has 0 fully saturated rings. The molecule has 0 saturated heterocycles. The van der Waals surface area contributed by atoms with Crippen LogP contribution in [-0.4, -0.2) is 5.91 Å². The Bertz CT molecular complexity index is 557. The molecule has 0 bridgehead atoms. The molecule has 104 valence electrons. The number of carbonyl (C=O) groups is 1. The van der Waals surface area contributed by atoms with Crippen LogP contribution in [0.3, 0.4) is 0 Å². The van der Waals surface area contributed by atoms with Gasteiger partial charge in [-0.25, -0.2) is 0 Å². The number of hydrogen-bond donors (Lipinski definition) is 2. The lowest BCUT2D eigenvalue weighted by atomic mass is 10.1. The number of carbonyl (C=O) groups excluding carboxylic acids is 1. The number of hydrogen-bond acceptors (Lipinski definition) is 3. The van der Waals surface area contributed by atoms with Crippen LogP contribution in [0.5, 0.6) is 0 Å². The highest BCUT2D eigenvalue weighted by molar-refractivity contribution is 7.97. The Hall–Kier alpha value is -1.78. The van der Waals surface area contributed by atoms with Crippen LogP contribution in [0.1, 0.15) is 29.3 Å². The molecule has 0 spiro atoms. The Morgan fingerprint density at radius 3 is 2.65 bits per heavy atom. The van der Waals surface area contributed by atoms with Crippen LogP contribution in [0.25, 0.3) is 0 Å². The molecule has 2 aromatic rings. The predicted octanol–water partition coefficient (Wildman–Crippen LogP) is 3.58. The van der Waals surface area contributed by atoms with Crippen molar-refractivity contribution in [2.24, 2.45) is 0 Å². The van der Waals surface area contributed by atoms with E-state index in [0.29, 0.717) is 5.56 Å². The molecule has 4 heteroatoms. The van der Waals surface area contributed by atoms with Crippen molar-refractivity contribution in [3.8, 4) is 0 Å². The molecule has 0 unspecified atom stereocenters. The molecule has 2 N–H and O–H groups in total. The van der Waals surface area contributed by atoms with E-state index in [1.165, 1.54) is 17.5 Å². The van der Waals surface area contributed by atoms with E-state index in [1.807, 2.05) is 54.6 Å². The maximum Gasteiger partial charge on any atom is 0.266 e. The Morgan fingerprint density at radius 2 is 1.90 bits per heavy atom. The lowest BCUT2D eigenvalue weighted by molar-refractivity contribution is 0.0947. The third kappa shape index (κ3) is 4.40. The van der Waals surface area contributed by atoms with Gasteiger partial charge in [0.2, 0.25) is 0 Å². The second-order valence-electron chi connectivity index (χ2n) is 4.42. The van der Waals surface area contributed by atoms with Crippen molar-refractivity contribution in [3.63, 3.8) is 0 Å². The van der Waals surface area contributed by atoms with E-state index in [9.17, 15) is 4.79 Å². The largest absolute Gasteiger partial charge is 0.277 e. The second-order valence-corrected chi connectivity index (χ2v) is 5.30. The summed E-state index contributed by atoms with van der Waals surface area (Å²) in [7, 11) is 0. The van der Waals surface area contributed by atoms with E-state index in [-0.39, 0.29) is 5.91 Å². The topological polar surface area (TPSA) is 41.1 Å². The first-order valence-corrected chi connectivity index (χ1v) is 7.47. The van der Waals surface area contributed by atoms with Gasteiger partial charge in [-0.2, -0.15) is 4.83 Å². The Morgan fingerprint density at radius 1 is 1.10 bits per heavy atom. The van der Waals surface area contributed by atoms with Crippen LogP contribution in [0, 0.1) is 0 Å². The number of rotatable bonds is 6. The molecule has 2 rings (SSSR count). The maximum atomic E-state index is 12.0. The minimum Gasteiger partial charge on any atom is -0.277 e. The van der Waals surface area contributed by atoms with Gasteiger partial charge >= 0.3 is 0 Å². The quantitative estimate of drug-likeness (QED) is 0.630. The molecule has 0 aliphatic rings. The van der Waals surface area contributed by atoms with Gasteiger partial charge in [-0.15, -0.1) is 0 Å². The first-order chi connectivity index (χ1) is 9.79. The number of aryl methyl sites for hydroxylation is 1. The zero-order chi connectivity index (χ0) is 14.2. The van der Waals surface area contributed by atoms with Crippen molar-refractivity contribution in [1.82, 2.24) is 10.3 Å². The average molecular weight is 286 g/mol. The van der Waals surface area contributed by atoms with Gasteiger partial charge in [-0.1, -0.05) is 43.7 Å². The van der Waals surface area contributed by atoms with Crippen LogP contribution in [0.4, 0.5) is 0 Å². The average Bonchev–Trinajstić information content (AvgIpc) is 2.49. The molecule has 0 aliphatic carbocycles. The third-order valence-electron chi connectivity index (χ3n) is 2.80. The van der Waals surface area contributed by atoms with Crippen LogP contribution in [0.15, 0.2) is 59.5 Å². The summed E-state index contributed by atoms with van der Waals surface area (Å²) in [5.74, 6) is -0.119. The van der Waals surface area contributed by atoms with E-state index in [4.69, 9.17) is 0 Å². The molecule has 1 amide bonds. The van der Waals surface area contributed by atoms with Gasteiger partial charge in [-0.05, 0) is 48.2 Å². The molecule has 0 aliphatic heterocycles. The van der Waals surface area contributed by atoms with Crippen molar-refractivity contribution in [2.45, 2.75) is 24.7 Å². The number of hydrazine groups is 1. The van der Waals surface area contributed by atoms with Gasteiger partial charge in [-0.3, -0.25) is 10.2 Å². The van der Waals surface area contributed by atoms with Gasteiger partial charge in [0.05, 0.1) is 0 Å². The predicted molar refractivity (Wildman–Crippen MR) is 83.3 cm³/mol. The van der Waals surface area contributed by atoms with Crippen LogP contribution < -0.4 is 10.3 Å². The van der Waals surface area contributed by atoms with Crippen molar-refractivity contribution in [3.05, 3.63) is 65.7 Å². The highest BCUT2D eigenvalue weighted by atomic mass is 32.2. The third-order valence-corrected chi connectivity index (χ3v) is 3.52. The van der Waals surface area contributed by atoms with E-state index < -0.39 is 0 Å². The molecule has 0 atom stereocenters. The minimum atomic E-state index is -0.119. The monoisotopic (exact) mass is 286 g/mol. The van der Waals surface area contributed by atoms with Crippen molar-refractivity contribution in [1.29, 1.82) is 0 Å². The Kier molecular flexibility index (Phi) is 5.65. The smallest absolute Gasteiger partial charge is 0.266 e. The normalized spacial score (nSPS) is 10.2. The van der Waals surface area contributed by atoms with Crippen LogP contribution >= 0.6 is 11.9 Å². The van der Waals surface area contributed by atoms with Gasteiger partial charge < -0.3 is 0 Å². The zero-order valence-corrected chi connectivity index (χ0v) is 12.2. The van der Waals surface area contributed by atoms with Crippen molar-refractivity contribution < 1.29 is 4.79 Å². The fraction of sp³-hybridized carbons (Fsp3) is 0.188. The first-order valence-electron chi connectivity index (χ1n) is 6.66. The summed E-state index contributed by atoms with van der Waals surface area (Å²) >= 11 is 1.38. The van der Waals surface area contributed by atoms with Gasteiger partial charge in [0.25, 0.3) is 5.91 Å². The molecular formula is C16H18N2OS. The van der Waals surface area contributed by atoms with E-state index >= 15 is 0 Å². The molecule has 3 nitrogen and oxygen atoms in total. The summed E-state index contributed by atoms with van der Waals surface area (Å²) in [6.45, 7) is 2.13. The molecule has 0 aromatic heterocycles. The molecule has 0 heterocycles. The van der Waals surface area contributed by atoms with E-state index in [2.05, 4.69) is 17.2 Å². The first kappa shape index (κ1) is 14.6. The molecular weight excluding hydrogens is 268 g/mol.